The molecule has 1 rings (SSSR count). The van der Waals surface area contributed by atoms with E-state index in [1.54, 1.807) is 0 Å². The molecule has 0 spiro atoms. The summed E-state index contributed by atoms with van der Waals surface area (Å²) in [5.74, 6) is 0.106. The van der Waals surface area contributed by atoms with E-state index >= 15 is 0 Å². The second-order valence-corrected chi connectivity index (χ2v) is 5.71. The SMILES string of the molecule is CC(C)NC(=O)CNC1CCC(C)(C)C1. The molecule has 3 heteroatoms. The summed E-state index contributed by atoms with van der Waals surface area (Å²) in [6, 6.07) is 0.761. The Hall–Kier alpha value is -0.570. The molecule has 1 amide bonds. The first kappa shape index (κ1) is 12.5. The van der Waals surface area contributed by atoms with Crippen LogP contribution in [0.25, 0.3) is 0 Å². The molecule has 0 heterocycles. The van der Waals surface area contributed by atoms with Gasteiger partial charge in [-0.15, -0.1) is 0 Å². The van der Waals surface area contributed by atoms with Crippen LogP contribution in [0.2, 0.25) is 0 Å². The van der Waals surface area contributed by atoms with Gasteiger partial charge in [-0.25, -0.2) is 0 Å². The molecule has 1 aliphatic carbocycles. The summed E-state index contributed by atoms with van der Waals surface area (Å²) >= 11 is 0. The molecular weight excluding hydrogens is 188 g/mol. The highest BCUT2D eigenvalue weighted by Gasteiger charge is 2.30. The lowest BCUT2D eigenvalue weighted by Crippen LogP contribution is -2.41. The molecule has 1 unspecified atom stereocenters. The third kappa shape index (κ3) is 4.65. The number of amides is 1. The van der Waals surface area contributed by atoms with E-state index in [0.717, 1.165) is 0 Å². The van der Waals surface area contributed by atoms with Crippen molar-refractivity contribution in [2.75, 3.05) is 6.54 Å². The van der Waals surface area contributed by atoms with E-state index < -0.39 is 0 Å². The second kappa shape index (κ2) is 4.97. The molecule has 88 valence electrons. The number of hydrogen-bond donors (Lipinski definition) is 2. The van der Waals surface area contributed by atoms with Gasteiger partial charge in [0.15, 0.2) is 0 Å². The van der Waals surface area contributed by atoms with Gasteiger partial charge >= 0.3 is 0 Å². The molecule has 0 saturated heterocycles. The van der Waals surface area contributed by atoms with Crippen LogP contribution in [0, 0.1) is 5.41 Å². The van der Waals surface area contributed by atoms with Gasteiger partial charge in [-0.3, -0.25) is 4.79 Å². The third-order valence-corrected chi connectivity index (χ3v) is 2.97. The lowest BCUT2D eigenvalue weighted by Gasteiger charge is -2.18. The van der Waals surface area contributed by atoms with Crippen molar-refractivity contribution in [2.24, 2.45) is 5.41 Å². The Labute approximate surface area is 93.0 Å². The van der Waals surface area contributed by atoms with Crippen LogP contribution in [0.1, 0.15) is 47.0 Å². The first-order valence-electron chi connectivity index (χ1n) is 5.92. The quantitative estimate of drug-likeness (QED) is 0.744. The summed E-state index contributed by atoms with van der Waals surface area (Å²) in [7, 11) is 0. The van der Waals surface area contributed by atoms with Crippen molar-refractivity contribution in [3.8, 4) is 0 Å². The summed E-state index contributed by atoms with van der Waals surface area (Å²) in [5.41, 5.74) is 0.451. The molecule has 0 bridgehead atoms. The highest BCUT2D eigenvalue weighted by Crippen LogP contribution is 2.36. The largest absolute Gasteiger partial charge is 0.353 e. The van der Waals surface area contributed by atoms with Crippen LogP contribution < -0.4 is 10.6 Å². The monoisotopic (exact) mass is 212 g/mol. The summed E-state index contributed by atoms with van der Waals surface area (Å²) in [5, 5.41) is 6.22. The lowest BCUT2D eigenvalue weighted by atomic mass is 9.92. The minimum absolute atomic E-state index is 0.106. The number of hydrogen-bond acceptors (Lipinski definition) is 2. The third-order valence-electron chi connectivity index (χ3n) is 2.97. The Morgan fingerprint density at radius 1 is 1.47 bits per heavy atom. The van der Waals surface area contributed by atoms with Gasteiger partial charge in [-0.05, 0) is 38.5 Å². The number of carbonyl (C=O) groups is 1. The maximum absolute atomic E-state index is 11.4. The van der Waals surface area contributed by atoms with Crippen molar-refractivity contribution in [1.82, 2.24) is 10.6 Å². The van der Waals surface area contributed by atoms with E-state index in [1.807, 2.05) is 13.8 Å². The molecule has 1 atom stereocenters. The van der Waals surface area contributed by atoms with Crippen LogP contribution in [-0.4, -0.2) is 24.5 Å². The maximum Gasteiger partial charge on any atom is 0.234 e. The minimum atomic E-state index is 0.106. The number of nitrogens with one attached hydrogen (secondary N) is 2. The molecule has 1 aliphatic rings. The summed E-state index contributed by atoms with van der Waals surface area (Å²) in [4.78, 5) is 11.4. The molecule has 15 heavy (non-hydrogen) atoms. The van der Waals surface area contributed by atoms with Gasteiger partial charge in [0.25, 0.3) is 0 Å². The maximum atomic E-state index is 11.4. The summed E-state index contributed by atoms with van der Waals surface area (Å²) < 4.78 is 0. The number of rotatable bonds is 4. The van der Waals surface area contributed by atoms with Gasteiger partial charge in [0.1, 0.15) is 0 Å². The fourth-order valence-corrected chi connectivity index (χ4v) is 2.22. The van der Waals surface area contributed by atoms with Gasteiger partial charge in [-0.2, -0.15) is 0 Å². The minimum Gasteiger partial charge on any atom is -0.353 e. The normalized spacial score (nSPS) is 24.5. The van der Waals surface area contributed by atoms with E-state index in [0.29, 0.717) is 18.0 Å². The average molecular weight is 212 g/mol. The van der Waals surface area contributed by atoms with E-state index in [-0.39, 0.29) is 11.9 Å². The second-order valence-electron chi connectivity index (χ2n) is 5.71. The zero-order valence-corrected chi connectivity index (χ0v) is 10.4. The fraction of sp³-hybridized carbons (Fsp3) is 0.917. The van der Waals surface area contributed by atoms with Crippen molar-refractivity contribution in [3.63, 3.8) is 0 Å². The van der Waals surface area contributed by atoms with Crippen LogP contribution >= 0.6 is 0 Å². The van der Waals surface area contributed by atoms with Crippen molar-refractivity contribution in [1.29, 1.82) is 0 Å². The number of carbonyl (C=O) groups excluding carboxylic acids is 1. The van der Waals surface area contributed by atoms with Gasteiger partial charge < -0.3 is 10.6 Å². The molecule has 2 N–H and O–H groups in total. The van der Waals surface area contributed by atoms with Gasteiger partial charge in [0.05, 0.1) is 6.54 Å². The predicted octanol–water partition coefficient (Wildman–Crippen LogP) is 1.68. The zero-order valence-electron chi connectivity index (χ0n) is 10.4. The zero-order chi connectivity index (χ0) is 11.5. The summed E-state index contributed by atoms with van der Waals surface area (Å²) in [6.07, 6.45) is 3.64. The summed E-state index contributed by atoms with van der Waals surface area (Å²) in [6.45, 7) is 9.01. The molecule has 0 aromatic carbocycles. The Morgan fingerprint density at radius 3 is 2.60 bits per heavy atom. The van der Waals surface area contributed by atoms with Crippen LogP contribution in [-0.2, 0) is 4.79 Å². The molecule has 0 aromatic rings. The Kier molecular flexibility index (Phi) is 4.14. The molecule has 1 fully saturated rings. The molecule has 0 aromatic heterocycles. The van der Waals surface area contributed by atoms with Crippen LogP contribution in [0.5, 0.6) is 0 Å². The fourth-order valence-electron chi connectivity index (χ4n) is 2.22. The van der Waals surface area contributed by atoms with Crippen LogP contribution in [0.3, 0.4) is 0 Å². The van der Waals surface area contributed by atoms with Crippen LogP contribution in [0.15, 0.2) is 0 Å². The predicted molar refractivity (Wildman–Crippen MR) is 62.7 cm³/mol. The average Bonchev–Trinajstić information content (AvgIpc) is 2.41. The van der Waals surface area contributed by atoms with Crippen molar-refractivity contribution in [3.05, 3.63) is 0 Å². The Bertz CT molecular complexity index is 224. The standard InChI is InChI=1S/C12H24N2O/c1-9(2)14-11(15)8-13-10-5-6-12(3,4)7-10/h9-10,13H,5-8H2,1-4H3,(H,14,15). The van der Waals surface area contributed by atoms with Crippen molar-refractivity contribution in [2.45, 2.75) is 59.0 Å². The molecule has 3 nitrogen and oxygen atoms in total. The van der Waals surface area contributed by atoms with E-state index in [9.17, 15) is 4.79 Å². The van der Waals surface area contributed by atoms with Gasteiger partial charge in [0, 0.05) is 12.1 Å². The van der Waals surface area contributed by atoms with E-state index in [2.05, 4.69) is 24.5 Å². The first-order valence-corrected chi connectivity index (χ1v) is 5.92. The van der Waals surface area contributed by atoms with Gasteiger partial charge in [0.2, 0.25) is 5.91 Å². The van der Waals surface area contributed by atoms with E-state index in [1.165, 1.54) is 19.3 Å². The van der Waals surface area contributed by atoms with Crippen LogP contribution in [0.4, 0.5) is 0 Å². The lowest BCUT2D eigenvalue weighted by molar-refractivity contribution is -0.120. The smallest absolute Gasteiger partial charge is 0.234 e. The van der Waals surface area contributed by atoms with E-state index in [4.69, 9.17) is 0 Å². The first-order chi connectivity index (χ1) is 6.89. The molecular formula is C12H24N2O. The highest BCUT2D eigenvalue weighted by atomic mass is 16.1. The van der Waals surface area contributed by atoms with Crippen molar-refractivity contribution < 1.29 is 4.79 Å². The Morgan fingerprint density at radius 2 is 2.13 bits per heavy atom. The topological polar surface area (TPSA) is 41.1 Å². The Balaban J connectivity index is 2.18. The molecule has 0 radical (unpaired) electrons. The highest BCUT2D eigenvalue weighted by molar-refractivity contribution is 5.78. The van der Waals surface area contributed by atoms with Crippen molar-refractivity contribution >= 4 is 5.91 Å². The van der Waals surface area contributed by atoms with Gasteiger partial charge in [-0.1, -0.05) is 13.8 Å². The molecule has 0 aliphatic heterocycles. The molecule has 1 saturated carbocycles.